The largest absolute Gasteiger partial charge is 0.469 e. The van der Waals surface area contributed by atoms with Gasteiger partial charge in [-0.15, -0.1) is 0 Å². The van der Waals surface area contributed by atoms with Crippen LogP contribution in [0.5, 0.6) is 0 Å². The topological polar surface area (TPSA) is 62.7 Å². The van der Waals surface area contributed by atoms with Gasteiger partial charge in [-0.2, -0.15) is 0 Å². The van der Waals surface area contributed by atoms with Crippen molar-refractivity contribution in [3.63, 3.8) is 0 Å². The fourth-order valence-corrected chi connectivity index (χ4v) is 2.57. The Morgan fingerprint density at radius 3 is 2.60 bits per heavy atom. The molecule has 0 aromatic carbocycles. The van der Waals surface area contributed by atoms with Crippen molar-refractivity contribution in [1.82, 2.24) is 9.80 Å². The van der Waals surface area contributed by atoms with E-state index in [1.807, 2.05) is 17.9 Å². The Kier molecular flexibility index (Phi) is 5.61. The van der Waals surface area contributed by atoms with Gasteiger partial charge in [-0.1, -0.05) is 6.42 Å². The monoisotopic (exact) mass is 279 g/mol. The molecule has 20 heavy (non-hydrogen) atoms. The van der Waals surface area contributed by atoms with Crippen LogP contribution >= 0.6 is 0 Å². The van der Waals surface area contributed by atoms with Crippen molar-refractivity contribution in [2.45, 2.75) is 26.2 Å². The third-order valence-corrected chi connectivity index (χ3v) is 3.82. The zero-order valence-electron chi connectivity index (χ0n) is 12.3. The Balaban J connectivity index is 1.72. The summed E-state index contributed by atoms with van der Waals surface area (Å²) in [6, 6.07) is 1.81. The van der Waals surface area contributed by atoms with Crippen molar-refractivity contribution in [1.29, 1.82) is 0 Å². The van der Waals surface area contributed by atoms with E-state index in [-0.39, 0.29) is 5.91 Å². The van der Waals surface area contributed by atoms with Crippen molar-refractivity contribution in [3.8, 4) is 0 Å². The molecular formula is C15H25N3O2. The second-order valence-electron chi connectivity index (χ2n) is 5.43. The van der Waals surface area contributed by atoms with Crippen molar-refractivity contribution >= 4 is 5.91 Å². The summed E-state index contributed by atoms with van der Waals surface area (Å²) < 4.78 is 5.21. The van der Waals surface area contributed by atoms with Crippen molar-refractivity contribution in [3.05, 3.63) is 23.7 Å². The maximum absolute atomic E-state index is 12.3. The van der Waals surface area contributed by atoms with E-state index in [9.17, 15) is 4.79 Å². The number of unbranched alkanes of at least 4 members (excludes halogenated alkanes) is 2. The molecule has 0 atom stereocenters. The lowest BCUT2D eigenvalue weighted by atomic mass is 10.2. The molecule has 0 aliphatic carbocycles. The minimum atomic E-state index is 0.0876. The second-order valence-corrected chi connectivity index (χ2v) is 5.43. The van der Waals surface area contributed by atoms with E-state index in [2.05, 4.69) is 4.90 Å². The highest BCUT2D eigenvalue weighted by Gasteiger charge is 2.22. The first kappa shape index (κ1) is 15.1. The summed E-state index contributed by atoms with van der Waals surface area (Å²) in [6.07, 6.45) is 5.06. The fourth-order valence-electron chi connectivity index (χ4n) is 2.57. The number of hydrogen-bond donors (Lipinski definition) is 1. The fraction of sp³-hybridized carbons (Fsp3) is 0.667. The number of carbonyl (C=O) groups is 1. The molecule has 5 heteroatoms. The predicted molar refractivity (Wildman–Crippen MR) is 78.7 cm³/mol. The average Bonchev–Trinajstić information content (AvgIpc) is 2.90. The molecule has 1 aromatic heterocycles. The molecule has 5 nitrogen and oxygen atoms in total. The van der Waals surface area contributed by atoms with Crippen molar-refractivity contribution in [2.24, 2.45) is 5.73 Å². The molecule has 0 spiro atoms. The van der Waals surface area contributed by atoms with Crippen molar-refractivity contribution < 1.29 is 9.21 Å². The normalized spacial score (nSPS) is 16.6. The van der Waals surface area contributed by atoms with E-state index < -0.39 is 0 Å². The van der Waals surface area contributed by atoms with Crippen LogP contribution in [-0.4, -0.2) is 55.0 Å². The lowest BCUT2D eigenvalue weighted by Gasteiger charge is -2.34. The van der Waals surface area contributed by atoms with Crippen LogP contribution in [0.1, 0.15) is 35.4 Å². The summed E-state index contributed by atoms with van der Waals surface area (Å²) in [6.45, 7) is 7.30. The smallest absolute Gasteiger partial charge is 0.257 e. The summed E-state index contributed by atoms with van der Waals surface area (Å²) in [5.74, 6) is 0.872. The van der Waals surface area contributed by atoms with Crippen LogP contribution < -0.4 is 5.73 Å². The summed E-state index contributed by atoms with van der Waals surface area (Å²) in [4.78, 5) is 16.6. The van der Waals surface area contributed by atoms with Gasteiger partial charge in [0, 0.05) is 26.2 Å². The predicted octanol–water partition coefficient (Wildman–Crippen LogP) is 1.47. The van der Waals surface area contributed by atoms with Gasteiger partial charge < -0.3 is 15.1 Å². The molecule has 1 saturated heterocycles. The number of nitrogens with zero attached hydrogens (tertiary/aromatic N) is 2. The summed E-state index contributed by atoms with van der Waals surface area (Å²) in [5, 5.41) is 0. The van der Waals surface area contributed by atoms with Gasteiger partial charge in [-0.25, -0.2) is 0 Å². The van der Waals surface area contributed by atoms with E-state index in [1.54, 1.807) is 6.26 Å². The summed E-state index contributed by atoms with van der Waals surface area (Å²) in [5.41, 5.74) is 6.16. The molecule has 0 unspecified atom stereocenters. The zero-order valence-corrected chi connectivity index (χ0v) is 12.3. The van der Waals surface area contributed by atoms with Crippen LogP contribution in [0.4, 0.5) is 0 Å². The summed E-state index contributed by atoms with van der Waals surface area (Å²) >= 11 is 0. The van der Waals surface area contributed by atoms with Crippen LogP contribution in [0.3, 0.4) is 0 Å². The Morgan fingerprint density at radius 1 is 1.25 bits per heavy atom. The van der Waals surface area contributed by atoms with E-state index in [1.165, 1.54) is 12.8 Å². The number of furan rings is 1. The molecule has 1 amide bonds. The standard InChI is InChI=1S/C15H25N3O2/c1-13-11-14(12-20-13)15(19)18-9-7-17(8-10-18)6-4-2-3-5-16/h11-12H,2-10,16H2,1H3. The van der Waals surface area contributed by atoms with Crippen LogP contribution in [0, 0.1) is 6.92 Å². The van der Waals surface area contributed by atoms with Crippen LogP contribution in [0.2, 0.25) is 0 Å². The van der Waals surface area contributed by atoms with Gasteiger partial charge in [0.2, 0.25) is 0 Å². The third kappa shape index (κ3) is 4.08. The third-order valence-electron chi connectivity index (χ3n) is 3.82. The first-order chi connectivity index (χ1) is 9.70. The second kappa shape index (κ2) is 7.45. The van der Waals surface area contributed by atoms with Gasteiger partial charge in [0.15, 0.2) is 0 Å². The molecule has 112 valence electrons. The molecule has 1 fully saturated rings. The number of rotatable bonds is 6. The highest BCUT2D eigenvalue weighted by molar-refractivity contribution is 5.94. The zero-order chi connectivity index (χ0) is 14.4. The first-order valence-electron chi connectivity index (χ1n) is 7.47. The van der Waals surface area contributed by atoms with Crippen LogP contribution in [-0.2, 0) is 0 Å². The highest BCUT2D eigenvalue weighted by atomic mass is 16.3. The Morgan fingerprint density at radius 2 is 2.00 bits per heavy atom. The molecule has 2 N–H and O–H groups in total. The Labute approximate surface area is 120 Å². The van der Waals surface area contributed by atoms with Gasteiger partial charge in [0.05, 0.1) is 5.56 Å². The number of amides is 1. The van der Waals surface area contributed by atoms with E-state index in [0.29, 0.717) is 5.56 Å². The maximum Gasteiger partial charge on any atom is 0.257 e. The number of hydrogen-bond acceptors (Lipinski definition) is 4. The van der Waals surface area contributed by atoms with Crippen LogP contribution in [0.25, 0.3) is 0 Å². The van der Waals surface area contributed by atoms with E-state index in [4.69, 9.17) is 10.2 Å². The van der Waals surface area contributed by atoms with Crippen molar-refractivity contribution in [2.75, 3.05) is 39.3 Å². The minimum Gasteiger partial charge on any atom is -0.469 e. The SMILES string of the molecule is Cc1cc(C(=O)N2CCN(CCCCCN)CC2)co1. The maximum atomic E-state index is 12.3. The molecular weight excluding hydrogens is 254 g/mol. The molecule has 0 radical (unpaired) electrons. The Hall–Kier alpha value is -1.33. The minimum absolute atomic E-state index is 0.0876. The first-order valence-corrected chi connectivity index (χ1v) is 7.47. The molecule has 1 aromatic rings. The molecule has 1 aliphatic rings. The summed E-state index contributed by atoms with van der Waals surface area (Å²) in [7, 11) is 0. The molecule has 1 aliphatic heterocycles. The van der Waals surface area contributed by atoms with Crippen LogP contribution in [0.15, 0.2) is 16.7 Å². The molecule has 2 heterocycles. The van der Waals surface area contributed by atoms with Gasteiger partial charge in [0.25, 0.3) is 5.91 Å². The molecule has 0 bridgehead atoms. The van der Waals surface area contributed by atoms with E-state index in [0.717, 1.165) is 51.4 Å². The van der Waals surface area contributed by atoms with Gasteiger partial charge in [-0.05, 0) is 38.9 Å². The molecule has 2 rings (SSSR count). The Bertz CT molecular complexity index is 423. The number of piperazine rings is 1. The van der Waals surface area contributed by atoms with E-state index >= 15 is 0 Å². The van der Waals surface area contributed by atoms with Gasteiger partial charge in [-0.3, -0.25) is 9.69 Å². The van der Waals surface area contributed by atoms with Gasteiger partial charge in [0.1, 0.15) is 12.0 Å². The lowest BCUT2D eigenvalue weighted by Crippen LogP contribution is -2.48. The molecule has 0 saturated carbocycles. The highest BCUT2D eigenvalue weighted by Crippen LogP contribution is 2.12. The number of aryl methyl sites for hydroxylation is 1. The average molecular weight is 279 g/mol. The lowest BCUT2D eigenvalue weighted by molar-refractivity contribution is 0.0634. The number of carbonyl (C=O) groups excluding carboxylic acids is 1. The van der Waals surface area contributed by atoms with Gasteiger partial charge >= 0.3 is 0 Å². The number of nitrogens with two attached hydrogens (primary N) is 1. The quantitative estimate of drug-likeness (QED) is 0.801.